The largest absolute Gasteiger partial charge is 0.377 e. The number of nitrogens with one attached hydrogen (secondary N) is 2. The zero-order valence-corrected chi connectivity index (χ0v) is 9.89. The summed E-state index contributed by atoms with van der Waals surface area (Å²) in [5.41, 5.74) is 10.2. The quantitative estimate of drug-likeness (QED) is 0.659. The third-order valence-electron chi connectivity index (χ3n) is 2.60. The van der Waals surface area contributed by atoms with Crippen molar-refractivity contribution in [2.75, 3.05) is 5.43 Å². The third kappa shape index (κ3) is 1.57. The van der Waals surface area contributed by atoms with Crippen LogP contribution < -0.4 is 16.6 Å². The molecule has 2 heterocycles. The zero-order valence-electron chi connectivity index (χ0n) is 9.07. The van der Waals surface area contributed by atoms with E-state index in [1.165, 1.54) is 11.8 Å². The van der Waals surface area contributed by atoms with Crippen molar-refractivity contribution < 1.29 is 0 Å². The highest BCUT2D eigenvalue weighted by Gasteiger charge is 2.17. The minimum atomic E-state index is -0.0206. The molecule has 1 aliphatic heterocycles. The van der Waals surface area contributed by atoms with E-state index in [0.717, 1.165) is 11.1 Å². The van der Waals surface area contributed by atoms with Crippen LogP contribution in [-0.2, 0) is 0 Å². The third-order valence-corrected chi connectivity index (χ3v) is 3.49. The van der Waals surface area contributed by atoms with Gasteiger partial charge < -0.3 is 10.7 Å². The van der Waals surface area contributed by atoms with E-state index >= 15 is 0 Å². The summed E-state index contributed by atoms with van der Waals surface area (Å²) >= 11 is 1.18. The molecule has 0 bridgehead atoms. The number of nitrogens with zero attached hydrogens (tertiary/aromatic N) is 1. The Morgan fingerprint density at radius 2 is 2.24 bits per heavy atom. The fourth-order valence-corrected chi connectivity index (χ4v) is 2.50. The summed E-state index contributed by atoms with van der Waals surface area (Å²) in [6.07, 6.45) is 0. The van der Waals surface area contributed by atoms with E-state index in [9.17, 15) is 4.79 Å². The highest BCUT2D eigenvalue weighted by atomic mass is 32.2. The van der Waals surface area contributed by atoms with Gasteiger partial charge in [-0.2, -0.15) is 0 Å². The van der Waals surface area contributed by atoms with Crippen molar-refractivity contribution in [1.29, 1.82) is 0 Å². The lowest BCUT2D eigenvalue weighted by Crippen LogP contribution is -2.20. The minimum Gasteiger partial charge on any atom is -0.377 e. The average molecular weight is 246 g/mol. The zero-order chi connectivity index (χ0) is 12.0. The summed E-state index contributed by atoms with van der Waals surface area (Å²) in [5, 5.41) is 4.89. The number of anilines is 1. The average Bonchev–Trinajstić information content (AvgIpc) is 2.32. The van der Waals surface area contributed by atoms with Crippen molar-refractivity contribution in [3.63, 3.8) is 0 Å². The molecular weight excluding hydrogens is 236 g/mol. The van der Waals surface area contributed by atoms with Crippen LogP contribution in [0.1, 0.15) is 5.56 Å². The molecule has 0 atom stereocenters. The topological polar surface area (TPSA) is 83.3 Å². The van der Waals surface area contributed by atoms with Crippen LogP contribution in [0.25, 0.3) is 10.9 Å². The summed E-state index contributed by atoms with van der Waals surface area (Å²) in [7, 11) is 0. The van der Waals surface area contributed by atoms with Gasteiger partial charge in [-0.1, -0.05) is 11.6 Å². The van der Waals surface area contributed by atoms with Gasteiger partial charge in [-0.05, 0) is 30.8 Å². The molecule has 4 N–H and O–H groups in total. The van der Waals surface area contributed by atoms with Gasteiger partial charge in [-0.15, -0.1) is 5.10 Å². The Morgan fingerprint density at radius 3 is 3.06 bits per heavy atom. The summed E-state index contributed by atoms with van der Waals surface area (Å²) in [6, 6.07) is 5.72. The van der Waals surface area contributed by atoms with Gasteiger partial charge >= 0.3 is 0 Å². The number of aryl methyl sites for hydroxylation is 1. The maximum Gasteiger partial charge on any atom is 0.205 e. The molecule has 1 aliphatic rings. The maximum atomic E-state index is 12.3. The lowest BCUT2D eigenvalue weighted by molar-refractivity contribution is 1.17. The van der Waals surface area contributed by atoms with E-state index in [2.05, 4.69) is 15.5 Å². The van der Waals surface area contributed by atoms with Crippen molar-refractivity contribution >= 4 is 33.7 Å². The van der Waals surface area contributed by atoms with Crippen LogP contribution >= 0.6 is 11.8 Å². The molecule has 0 fully saturated rings. The highest BCUT2D eigenvalue weighted by molar-refractivity contribution is 8.14. The number of pyridine rings is 1. The first-order chi connectivity index (χ1) is 8.15. The Bertz CT molecular complexity index is 704. The minimum absolute atomic E-state index is 0.0206. The van der Waals surface area contributed by atoms with Crippen molar-refractivity contribution in [3.05, 3.63) is 34.0 Å². The van der Waals surface area contributed by atoms with Crippen LogP contribution in [-0.4, -0.2) is 10.2 Å². The van der Waals surface area contributed by atoms with Crippen LogP contribution in [0.15, 0.2) is 33.0 Å². The molecule has 0 unspecified atom stereocenters. The van der Waals surface area contributed by atoms with E-state index in [0.29, 0.717) is 21.3 Å². The molecule has 3 rings (SSSR count). The predicted octanol–water partition coefficient (Wildman–Crippen LogP) is 1.58. The SMILES string of the molecule is Cc1ccc2[nH]c3c(c(=O)c2c1)SC(N)=NN3. The first-order valence-electron chi connectivity index (χ1n) is 5.09. The van der Waals surface area contributed by atoms with Crippen LogP contribution in [0, 0.1) is 6.92 Å². The molecule has 1 aromatic heterocycles. The van der Waals surface area contributed by atoms with Crippen LogP contribution in [0.4, 0.5) is 5.82 Å². The van der Waals surface area contributed by atoms with Gasteiger partial charge in [0.2, 0.25) is 5.43 Å². The standard InChI is InChI=1S/C11H10N4OS/c1-5-2-3-7-6(4-5)8(16)9-10(13-7)14-15-11(12)17-9/h2-4H,1H3,(H2,12,15)(H2,13,14,16). The summed E-state index contributed by atoms with van der Waals surface area (Å²) in [5.74, 6) is 0.602. The normalized spacial score (nSPS) is 14.1. The molecule has 5 nitrogen and oxygen atoms in total. The second-order valence-electron chi connectivity index (χ2n) is 3.87. The van der Waals surface area contributed by atoms with Gasteiger partial charge in [0.1, 0.15) is 10.7 Å². The van der Waals surface area contributed by atoms with Crippen molar-refractivity contribution in [1.82, 2.24) is 4.98 Å². The van der Waals surface area contributed by atoms with Crippen molar-refractivity contribution in [2.45, 2.75) is 11.8 Å². The maximum absolute atomic E-state index is 12.3. The molecule has 0 saturated carbocycles. The highest BCUT2D eigenvalue weighted by Crippen LogP contribution is 2.28. The lowest BCUT2D eigenvalue weighted by atomic mass is 10.1. The first kappa shape index (κ1) is 10.2. The Labute approximate surface area is 101 Å². The monoisotopic (exact) mass is 246 g/mol. The van der Waals surface area contributed by atoms with E-state index in [4.69, 9.17) is 5.73 Å². The number of hydrogen-bond acceptors (Lipinski definition) is 5. The Hall–Kier alpha value is -1.95. The molecule has 6 heteroatoms. The summed E-state index contributed by atoms with van der Waals surface area (Å²) < 4.78 is 0. The van der Waals surface area contributed by atoms with Crippen LogP contribution in [0.2, 0.25) is 0 Å². The number of aromatic amines is 1. The van der Waals surface area contributed by atoms with Gasteiger partial charge in [0.05, 0.1) is 5.52 Å². The molecule has 0 spiro atoms. The second-order valence-corrected chi connectivity index (χ2v) is 4.90. The lowest BCUT2D eigenvalue weighted by Gasteiger charge is -2.14. The molecule has 86 valence electrons. The van der Waals surface area contributed by atoms with E-state index < -0.39 is 0 Å². The number of amidine groups is 1. The van der Waals surface area contributed by atoms with Gasteiger partial charge in [-0.3, -0.25) is 10.2 Å². The van der Waals surface area contributed by atoms with Gasteiger partial charge in [0, 0.05) is 5.39 Å². The molecule has 0 saturated heterocycles. The molecule has 1 aromatic carbocycles. The fraction of sp³-hybridized carbons (Fsp3) is 0.0909. The van der Waals surface area contributed by atoms with Crippen LogP contribution in [0.3, 0.4) is 0 Å². The van der Waals surface area contributed by atoms with E-state index in [-0.39, 0.29) is 5.43 Å². The number of thioether (sulfide) groups is 1. The van der Waals surface area contributed by atoms with Crippen molar-refractivity contribution in [3.8, 4) is 0 Å². The van der Waals surface area contributed by atoms with Gasteiger partial charge in [0.25, 0.3) is 0 Å². The number of nitrogens with two attached hydrogens (primary N) is 1. The Morgan fingerprint density at radius 1 is 1.41 bits per heavy atom. The van der Waals surface area contributed by atoms with E-state index in [1.54, 1.807) is 0 Å². The molecular formula is C11H10N4OS. The number of aromatic nitrogens is 1. The number of H-pyrrole nitrogens is 1. The van der Waals surface area contributed by atoms with Crippen LogP contribution in [0.5, 0.6) is 0 Å². The fourth-order valence-electron chi connectivity index (χ4n) is 1.80. The molecule has 0 aliphatic carbocycles. The van der Waals surface area contributed by atoms with Gasteiger partial charge in [0.15, 0.2) is 5.17 Å². The Kier molecular flexibility index (Phi) is 2.12. The number of fused-ring (bicyclic) bond motifs is 2. The van der Waals surface area contributed by atoms with Gasteiger partial charge in [-0.25, -0.2) is 0 Å². The predicted molar refractivity (Wildman–Crippen MR) is 70.4 cm³/mol. The molecule has 17 heavy (non-hydrogen) atoms. The van der Waals surface area contributed by atoms with Crippen molar-refractivity contribution in [2.24, 2.45) is 10.8 Å². The van der Waals surface area contributed by atoms with E-state index in [1.807, 2.05) is 25.1 Å². The Balaban J connectivity index is 2.36. The number of rotatable bonds is 0. The molecule has 0 radical (unpaired) electrons. The molecule has 2 aromatic rings. The molecule has 0 amide bonds. The number of hydrazone groups is 1. The second kappa shape index (κ2) is 3.53. The number of benzene rings is 1. The number of hydrogen-bond donors (Lipinski definition) is 3. The summed E-state index contributed by atoms with van der Waals surface area (Å²) in [6.45, 7) is 1.96. The first-order valence-corrected chi connectivity index (χ1v) is 5.90. The summed E-state index contributed by atoms with van der Waals surface area (Å²) in [4.78, 5) is 16.0. The smallest absolute Gasteiger partial charge is 0.205 e.